The molecular formula is C14H21FN2. The van der Waals surface area contributed by atoms with E-state index in [-0.39, 0.29) is 5.82 Å². The largest absolute Gasteiger partial charge is 0.313 e. The SMILES string of the molecule is CN(CCc1ccccc1F)CC1CCCN1. The molecule has 0 radical (unpaired) electrons. The molecule has 0 amide bonds. The zero-order valence-electron chi connectivity index (χ0n) is 10.5. The Balaban J connectivity index is 1.75. The zero-order chi connectivity index (χ0) is 12.1. The van der Waals surface area contributed by atoms with Gasteiger partial charge in [0.15, 0.2) is 0 Å². The summed E-state index contributed by atoms with van der Waals surface area (Å²) in [6, 6.07) is 7.67. The second kappa shape index (κ2) is 6.12. The van der Waals surface area contributed by atoms with Crippen LogP contribution in [0.4, 0.5) is 4.39 Å². The lowest BCUT2D eigenvalue weighted by molar-refractivity contribution is 0.302. The molecule has 2 rings (SSSR count). The summed E-state index contributed by atoms with van der Waals surface area (Å²) in [4.78, 5) is 2.29. The van der Waals surface area contributed by atoms with Crippen LogP contribution < -0.4 is 5.32 Å². The summed E-state index contributed by atoms with van der Waals surface area (Å²) in [7, 11) is 2.11. The molecule has 1 atom stereocenters. The van der Waals surface area contributed by atoms with Gasteiger partial charge in [0.2, 0.25) is 0 Å². The van der Waals surface area contributed by atoms with Crippen molar-refractivity contribution in [1.29, 1.82) is 0 Å². The van der Waals surface area contributed by atoms with Crippen LogP contribution in [0.5, 0.6) is 0 Å². The molecule has 1 unspecified atom stereocenters. The minimum absolute atomic E-state index is 0.0834. The van der Waals surface area contributed by atoms with Crippen LogP contribution >= 0.6 is 0 Å². The van der Waals surface area contributed by atoms with Crippen LogP contribution in [0.1, 0.15) is 18.4 Å². The molecule has 17 heavy (non-hydrogen) atoms. The van der Waals surface area contributed by atoms with Crippen molar-refractivity contribution in [2.45, 2.75) is 25.3 Å². The predicted molar refractivity (Wildman–Crippen MR) is 68.6 cm³/mol. The summed E-state index contributed by atoms with van der Waals surface area (Å²) in [6.07, 6.45) is 3.34. The molecule has 2 nitrogen and oxygen atoms in total. The summed E-state index contributed by atoms with van der Waals surface area (Å²) in [5, 5.41) is 3.48. The van der Waals surface area contributed by atoms with Crippen molar-refractivity contribution in [2.75, 3.05) is 26.7 Å². The molecule has 1 aromatic rings. The van der Waals surface area contributed by atoms with Crippen LogP contribution in [0.3, 0.4) is 0 Å². The first-order chi connectivity index (χ1) is 8.25. The van der Waals surface area contributed by atoms with E-state index in [1.807, 2.05) is 12.1 Å². The number of rotatable bonds is 5. The number of nitrogens with zero attached hydrogens (tertiary/aromatic N) is 1. The van der Waals surface area contributed by atoms with Gasteiger partial charge in [-0.15, -0.1) is 0 Å². The van der Waals surface area contributed by atoms with E-state index in [0.29, 0.717) is 6.04 Å². The molecule has 1 N–H and O–H groups in total. The summed E-state index contributed by atoms with van der Waals surface area (Å²) >= 11 is 0. The molecular weight excluding hydrogens is 215 g/mol. The molecule has 1 aliphatic rings. The Labute approximate surface area is 103 Å². The first-order valence-electron chi connectivity index (χ1n) is 6.41. The second-order valence-electron chi connectivity index (χ2n) is 4.90. The molecule has 1 saturated heterocycles. The average Bonchev–Trinajstić information content (AvgIpc) is 2.81. The standard InChI is InChI=1S/C14H21FN2/c1-17(11-13-6-4-9-16-13)10-8-12-5-2-3-7-14(12)15/h2-3,5,7,13,16H,4,6,8-11H2,1H3. The Bertz CT molecular complexity index is 348. The van der Waals surface area contributed by atoms with Gasteiger partial charge in [-0.2, -0.15) is 0 Å². The lowest BCUT2D eigenvalue weighted by Gasteiger charge is -2.21. The highest BCUT2D eigenvalue weighted by atomic mass is 19.1. The van der Waals surface area contributed by atoms with Crippen molar-refractivity contribution in [3.63, 3.8) is 0 Å². The smallest absolute Gasteiger partial charge is 0.126 e. The maximum atomic E-state index is 13.4. The Morgan fingerprint density at radius 1 is 1.41 bits per heavy atom. The van der Waals surface area contributed by atoms with Gasteiger partial charge < -0.3 is 10.2 Å². The van der Waals surface area contributed by atoms with Gasteiger partial charge in [0, 0.05) is 19.1 Å². The number of nitrogens with one attached hydrogen (secondary N) is 1. The van der Waals surface area contributed by atoms with E-state index in [9.17, 15) is 4.39 Å². The quantitative estimate of drug-likeness (QED) is 0.841. The third-order valence-corrected chi connectivity index (χ3v) is 3.42. The van der Waals surface area contributed by atoms with Crippen molar-refractivity contribution in [1.82, 2.24) is 10.2 Å². The van der Waals surface area contributed by atoms with Crippen molar-refractivity contribution in [3.8, 4) is 0 Å². The molecule has 0 bridgehead atoms. The molecule has 0 aromatic heterocycles. The lowest BCUT2D eigenvalue weighted by Crippen LogP contribution is -2.36. The number of likely N-dealkylation sites (N-methyl/N-ethyl adjacent to an activating group) is 1. The Kier molecular flexibility index (Phi) is 4.51. The second-order valence-corrected chi connectivity index (χ2v) is 4.90. The summed E-state index contributed by atoms with van der Waals surface area (Å²) in [5.74, 6) is -0.0834. The minimum Gasteiger partial charge on any atom is -0.313 e. The van der Waals surface area contributed by atoms with Crippen LogP contribution in [0, 0.1) is 5.82 Å². The van der Waals surface area contributed by atoms with Crippen LogP contribution in [0.15, 0.2) is 24.3 Å². The van der Waals surface area contributed by atoms with Gasteiger partial charge in [-0.3, -0.25) is 0 Å². The average molecular weight is 236 g/mol. The molecule has 1 aromatic carbocycles. The maximum absolute atomic E-state index is 13.4. The number of hydrogen-bond acceptors (Lipinski definition) is 2. The molecule has 1 heterocycles. The molecule has 0 aliphatic carbocycles. The van der Waals surface area contributed by atoms with Gasteiger partial charge in [-0.1, -0.05) is 18.2 Å². The fraction of sp³-hybridized carbons (Fsp3) is 0.571. The van der Waals surface area contributed by atoms with E-state index < -0.39 is 0 Å². The van der Waals surface area contributed by atoms with E-state index in [0.717, 1.165) is 31.6 Å². The van der Waals surface area contributed by atoms with Gasteiger partial charge >= 0.3 is 0 Å². The van der Waals surface area contributed by atoms with E-state index in [1.54, 1.807) is 6.07 Å². The van der Waals surface area contributed by atoms with Crippen LogP contribution in [0.2, 0.25) is 0 Å². The first-order valence-corrected chi connectivity index (χ1v) is 6.41. The zero-order valence-corrected chi connectivity index (χ0v) is 10.5. The predicted octanol–water partition coefficient (Wildman–Crippen LogP) is 2.05. The van der Waals surface area contributed by atoms with Gasteiger partial charge in [0.1, 0.15) is 5.82 Å². The van der Waals surface area contributed by atoms with Gasteiger partial charge in [0.05, 0.1) is 0 Å². The van der Waals surface area contributed by atoms with Crippen LogP contribution in [-0.2, 0) is 6.42 Å². The van der Waals surface area contributed by atoms with Gasteiger partial charge in [-0.25, -0.2) is 4.39 Å². The van der Waals surface area contributed by atoms with Crippen molar-refractivity contribution in [3.05, 3.63) is 35.6 Å². The molecule has 94 valence electrons. The number of halogens is 1. The highest BCUT2D eigenvalue weighted by Crippen LogP contribution is 2.09. The van der Waals surface area contributed by atoms with E-state index >= 15 is 0 Å². The highest BCUT2D eigenvalue weighted by molar-refractivity contribution is 5.17. The Morgan fingerprint density at radius 3 is 2.94 bits per heavy atom. The van der Waals surface area contributed by atoms with Crippen LogP contribution in [-0.4, -0.2) is 37.6 Å². The van der Waals surface area contributed by atoms with Gasteiger partial charge in [0.25, 0.3) is 0 Å². The fourth-order valence-electron chi connectivity index (χ4n) is 2.39. The van der Waals surface area contributed by atoms with Crippen molar-refractivity contribution >= 4 is 0 Å². The Morgan fingerprint density at radius 2 is 2.24 bits per heavy atom. The van der Waals surface area contributed by atoms with Crippen molar-refractivity contribution < 1.29 is 4.39 Å². The Hall–Kier alpha value is -0.930. The topological polar surface area (TPSA) is 15.3 Å². The summed E-state index contributed by atoms with van der Waals surface area (Å²) in [6.45, 7) is 3.12. The third-order valence-electron chi connectivity index (χ3n) is 3.42. The minimum atomic E-state index is -0.0834. The highest BCUT2D eigenvalue weighted by Gasteiger charge is 2.15. The molecule has 0 saturated carbocycles. The van der Waals surface area contributed by atoms with Crippen molar-refractivity contribution in [2.24, 2.45) is 0 Å². The third kappa shape index (κ3) is 3.79. The molecule has 0 spiro atoms. The molecule has 3 heteroatoms. The normalized spacial score (nSPS) is 20.1. The summed E-state index contributed by atoms with van der Waals surface area (Å²) < 4.78 is 13.4. The molecule has 1 fully saturated rings. The molecule has 1 aliphatic heterocycles. The number of hydrogen-bond donors (Lipinski definition) is 1. The maximum Gasteiger partial charge on any atom is 0.126 e. The summed E-state index contributed by atoms with van der Waals surface area (Å²) in [5.41, 5.74) is 0.818. The monoisotopic (exact) mass is 236 g/mol. The van der Waals surface area contributed by atoms with E-state index in [1.165, 1.54) is 18.9 Å². The van der Waals surface area contributed by atoms with E-state index in [4.69, 9.17) is 0 Å². The van der Waals surface area contributed by atoms with E-state index in [2.05, 4.69) is 17.3 Å². The van der Waals surface area contributed by atoms with Gasteiger partial charge in [-0.05, 0) is 44.5 Å². The lowest BCUT2D eigenvalue weighted by atomic mass is 10.1. The van der Waals surface area contributed by atoms with Crippen LogP contribution in [0.25, 0.3) is 0 Å². The first kappa shape index (κ1) is 12.5. The fourth-order valence-corrected chi connectivity index (χ4v) is 2.39. The number of benzene rings is 1.